The van der Waals surface area contributed by atoms with Crippen molar-refractivity contribution in [3.63, 3.8) is 0 Å². The van der Waals surface area contributed by atoms with Crippen LogP contribution >= 0.6 is 0 Å². The summed E-state index contributed by atoms with van der Waals surface area (Å²) in [5, 5.41) is 29.2. The van der Waals surface area contributed by atoms with Gasteiger partial charge in [0.15, 0.2) is 11.9 Å². The number of ketones is 1. The first kappa shape index (κ1) is 24.1. The second-order valence-corrected chi connectivity index (χ2v) is 7.53. The molecule has 1 aliphatic heterocycles. The van der Waals surface area contributed by atoms with Crippen LogP contribution in [0.2, 0.25) is 0 Å². The van der Waals surface area contributed by atoms with E-state index in [2.05, 4.69) is 0 Å². The largest absolute Gasteiger partial charge is 0.507 e. The number of phenolic OH excluding ortho intramolecular Hbond substituents is 1. The lowest BCUT2D eigenvalue weighted by atomic mass is 10.0. The summed E-state index contributed by atoms with van der Waals surface area (Å²) in [6.45, 7) is 4.42. The summed E-state index contributed by atoms with van der Waals surface area (Å²) in [6.07, 6.45) is 1.57. The van der Waals surface area contributed by atoms with Crippen LogP contribution in [0, 0.1) is 0 Å². The number of hydrogen-bond acceptors (Lipinski definition) is 7. The molecular weight excluding hydrogens is 392 g/mol. The number of carbonyl (C=O) groups excluding carboxylic acids is 1. The molecule has 0 saturated carbocycles. The molecule has 3 N–H and O–H groups in total. The first-order valence-electron chi connectivity index (χ1n) is 10.5. The number of Topliss-reactive ketones (excluding diaryl/α,β-unsaturated/α-hetero) is 1. The van der Waals surface area contributed by atoms with Gasteiger partial charge in [0.2, 0.25) is 0 Å². The molecule has 0 radical (unpaired) electrons. The van der Waals surface area contributed by atoms with Gasteiger partial charge in [-0.3, -0.25) is 4.79 Å². The van der Waals surface area contributed by atoms with Crippen LogP contribution in [0.1, 0.15) is 61.9 Å². The molecule has 1 heterocycles. The van der Waals surface area contributed by atoms with Crippen LogP contribution in [0.4, 0.5) is 0 Å². The number of rotatable bonds is 12. The summed E-state index contributed by atoms with van der Waals surface area (Å²) in [4.78, 5) is 22.5. The Morgan fingerprint density at radius 3 is 2.57 bits per heavy atom. The average molecular weight is 424 g/mol. The molecule has 0 amide bonds. The number of aromatic hydroxyl groups is 1. The number of carboxylic acid groups (broad SMARTS) is 1. The van der Waals surface area contributed by atoms with Crippen molar-refractivity contribution < 1.29 is 39.1 Å². The Labute approximate surface area is 176 Å². The molecule has 0 aromatic heterocycles. The molecule has 3 unspecified atom stereocenters. The number of ether oxygens (including phenoxy) is 3. The number of phenols is 1. The van der Waals surface area contributed by atoms with Crippen molar-refractivity contribution in [2.45, 2.75) is 70.7 Å². The second kappa shape index (κ2) is 11.9. The molecule has 1 aromatic carbocycles. The third-order valence-corrected chi connectivity index (χ3v) is 5.12. The van der Waals surface area contributed by atoms with Gasteiger partial charge in [-0.25, -0.2) is 4.79 Å². The molecular formula is C22H32O8. The van der Waals surface area contributed by atoms with Gasteiger partial charge in [0.05, 0.1) is 24.9 Å². The highest BCUT2D eigenvalue weighted by Gasteiger charge is 2.34. The maximum Gasteiger partial charge on any atom is 0.332 e. The van der Waals surface area contributed by atoms with Crippen molar-refractivity contribution in [3.8, 4) is 11.5 Å². The van der Waals surface area contributed by atoms with Crippen LogP contribution in [-0.2, 0) is 20.7 Å². The van der Waals surface area contributed by atoms with Gasteiger partial charge in [0.25, 0.3) is 0 Å². The number of aliphatic hydroxyl groups excluding tert-OH is 1. The predicted molar refractivity (Wildman–Crippen MR) is 109 cm³/mol. The minimum Gasteiger partial charge on any atom is -0.507 e. The molecule has 1 aromatic rings. The van der Waals surface area contributed by atoms with E-state index in [1.54, 1.807) is 12.1 Å². The quantitative estimate of drug-likeness (QED) is 0.346. The van der Waals surface area contributed by atoms with Gasteiger partial charge in [-0.05, 0) is 44.7 Å². The van der Waals surface area contributed by atoms with E-state index in [0.29, 0.717) is 36.5 Å². The van der Waals surface area contributed by atoms with E-state index in [0.717, 1.165) is 25.7 Å². The fourth-order valence-corrected chi connectivity index (χ4v) is 3.42. The minimum atomic E-state index is -1.07. The standard InChI is InChI=1S/C22H32O8/c1-3-7-16-18(9-8-15(14(2)23)21(16)25)28-10-5-4-6-11-29-20-13-30-19(22(26)27)12-17(20)24/h8-9,17,19-20,24-25H,3-7,10-13H2,1-2H3,(H,26,27). The molecule has 0 aliphatic carbocycles. The average Bonchev–Trinajstić information content (AvgIpc) is 2.70. The summed E-state index contributed by atoms with van der Waals surface area (Å²) < 4.78 is 16.6. The van der Waals surface area contributed by atoms with Gasteiger partial charge in [0, 0.05) is 18.6 Å². The van der Waals surface area contributed by atoms with Crippen LogP contribution in [-0.4, -0.2) is 65.2 Å². The molecule has 0 spiro atoms. The van der Waals surface area contributed by atoms with Gasteiger partial charge in [-0.1, -0.05) is 13.3 Å². The molecule has 3 atom stereocenters. The first-order chi connectivity index (χ1) is 14.3. The van der Waals surface area contributed by atoms with Crippen LogP contribution < -0.4 is 4.74 Å². The lowest BCUT2D eigenvalue weighted by molar-refractivity contribution is -0.175. The molecule has 1 saturated heterocycles. The van der Waals surface area contributed by atoms with Crippen molar-refractivity contribution in [1.82, 2.24) is 0 Å². The topological polar surface area (TPSA) is 123 Å². The summed E-state index contributed by atoms with van der Waals surface area (Å²) >= 11 is 0. The number of unbranched alkanes of at least 4 members (excludes halogenated alkanes) is 2. The molecule has 2 rings (SSSR count). The highest BCUT2D eigenvalue weighted by atomic mass is 16.6. The van der Waals surface area contributed by atoms with Crippen molar-refractivity contribution in [2.75, 3.05) is 19.8 Å². The smallest absolute Gasteiger partial charge is 0.332 e. The lowest BCUT2D eigenvalue weighted by Gasteiger charge is -2.31. The van der Waals surface area contributed by atoms with E-state index in [1.807, 2.05) is 6.92 Å². The van der Waals surface area contributed by atoms with Crippen LogP contribution in [0.15, 0.2) is 12.1 Å². The molecule has 1 aliphatic rings. The second-order valence-electron chi connectivity index (χ2n) is 7.53. The van der Waals surface area contributed by atoms with Gasteiger partial charge < -0.3 is 29.5 Å². The Morgan fingerprint density at radius 2 is 1.93 bits per heavy atom. The number of aliphatic hydroxyl groups is 1. The Morgan fingerprint density at radius 1 is 1.20 bits per heavy atom. The Balaban J connectivity index is 1.69. The Bertz CT molecular complexity index is 717. The van der Waals surface area contributed by atoms with E-state index in [4.69, 9.17) is 19.3 Å². The van der Waals surface area contributed by atoms with Gasteiger partial charge in [-0.15, -0.1) is 0 Å². The maximum atomic E-state index is 11.6. The minimum absolute atomic E-state index is 0.00801. The fourth-order valence-electron chi connectivity index (χ4n) is 3.42. The molecule has 168 valence electrons. The number of aliphatic carboxylic acids is 1. The van der Waals surface area contributed by atoms with Crippen LogP contribution in [0.5, 0.6) is 11.5 Å². The highest BCUT2D eigenvalue weighted by Crippen LogP contribution is 2.33. The zero-order chi connectivity index (χ0) is 22.1. The number of hydrogen-bond donors (Lipinski definition) is 3. The summed E-state index contributed by atoms with van der Waals surface area (Å²) in [5.41, 5.74) is 0.978. The summed E-state index contributed by atoms with van der Waals surface area (Å²) in [7, 11) is 0. The predicted octanol–water partition coefficient (Wildman–Crippen LogP) is 2.72. The first-order valence-corrected chi connectivity index (χ1v) is 10.5. The third kappa shape index (κ3) is 6.68. The zero-order valence-corrected chi connectivity index (χ0v) is 17.6. The SMILES string of the molecule is CCCc1c(OCCCCCOC2COC(C(=O)O)CC2O)ccc(C(C)=O)c1O. The van der Waals surface area contributed by atoms with Crippen molar-refractivity contribution in [2.24, 2.45) is 0 Å². The van der Waals surface area contributed by atoms with Crippen molar-refractivity contribution in [1.29, 1.82) is 0 Å². The Kier molecular flexibility index (Phi) is 9.55. The van der Waals surface area contributed by atoms with E-state index in [9.17, 15) is 19.8 Å². The number of carboxylic acids is 1. The third-order valence-electron chi connectivity index (χ3n) is 5.12. The monoisotopic (exact) mass is 424 g/mol. The van der Waals surface area contributed by atoms with E-state index in [1.165, 1.54) is 6.92 Å². The van der Waals surface area contributed by atoms with E-state index >= 15 is 0 Å². The van der Waals surface area contributed by atoms with Crippen molar-refractivity contribution in [3.05, 3.63) is 23.3 Å². The maximum absolute atomic E-state index is 11.6. The summed E-state index contributed by atoms with van der Waals surface area (Å²) in [5.74, 6) is -0.637. The molecule has 1 fully saturated rings. The fraction of sp³-hybridized carbons (Fsp3) is 0.636. The number of carbonyl (C=O) groups is 2. The number of benzene rings is 1. The van der Waals surface area contributed by atoms with Gasteiger partial charge in [-0.2, -0.15) is 0 Å². The zero-order valence-electron chi connectivity index (χ0n) is 17.6. The normalized spacial score (nSPS) is 21.4. The molecule has 0 bridgehead atoms. The van der Waals surface area contributed by atoms with Gasteiger partial charge >= 0.3 is 5.97 Å². The molecule has 30 heavy (non-hydrogen) atoms. The molecule has 8 heteroatoms. The van der Waals surface area contributed by atoms with E-state index in [-0.39, 0.29) is 24.6 Å². The van der Waals surface area contributed by atoms with E-state index < -0.39 is 24.3 Å². The van der Waals surface area contributed by atoms with Crippen LogP contribution in [0.3, 0.4) is 0 Å². The highest BCUT2D eigenvalue weighted by molar-refractivity contribution is 5.97. The van der Waals surface area contributed by atoms with Crippen molar-refractivity contribution >= 4 is 11.8 Å². The summed E-state index contributed by atoms with van der Waals surface area (Å²) in [6, 6.07) is 3.33. The Hall–Kier alpha value is -2.16. The lowest BCUT2D eigenvalue weighted by Crippen LogP contribution is -2.45. The molecule has 8 nitrogen and oxygen atoms in total. The van der Waals surface area contributed by atoms with Gasteiger partial charge in [0.1, 0.15) is 17.6 Å². The van der Waals surface area contributed by atoms with Crippen LogP contribution in [0.25, 0.3) is 0 Å².